The first-order valence-electron chi connectivity index (χ1n) is 10.0. The number of hydrogen-bond donors (Lipinski definition) is 3. The van der Waals surface area contributed by atoms with Crippen molar-refractivity contribution in [2.24, 2.45) is 5.73 Å². The Bertz CT molecular complexity index is 802. The minimum absolute atomic E-state index is 0.0155. The molecule has 2 amide bonds. The third kappa shape index (κ3) is 4.20. The van der Waals surface area contributed by atoms with Crippen LogP contribution in [0, 0.1) is 0 Å². The molecule has 0 unspecified atom stereocenters. The van der Waals surface area contributed by atoms with E-state index in [0.717, 1.165) is 12.8 Å². The highest BCUT2D eigenvalue weighted by atomic mass is 19.3. The van der Waals surface area contributed by atoms with Gasteiger partial charge >= 0.3 is 6.03 Å². The van der Waals surface area contributed by atoms with Crippen LogP contribution < -0.4 is 21.3 Å². The fraction of sp³-hybridized carbons (Fsp3) is 0.632. The first-order valence-corrected chi connectivity index (χ1v) is 10.0. The molecule has 2 aliphatic carbocycles. The number of likely N-dealkylation sites (N-methyl/N-ethyl adjacent to an activating group) is 1. The molecule has 2 heterocycles. The third-order valence-corrected chi connectivity index (χ3v) is 5.98. The normalized spacial score (nSPS) is 24.0. The number of anilines is 2. The Labute approximate surface area is 168 Å². The Balaban J connectivity index is 1.39. The lowest BCUT2D eigenvalue weighted by Crippen LogP contribution is -2.37. The van der Waals surface area contributed by atoms with Gasteiger partial charge in [-0.1, -0.05) is 0 Å². The second kappa shape index (κ2) is 7.31. The Morgan fingerprint density at radius 3 is 2.62 bits per heavy atom. The summed E-state index contributed by atoms with van der Waals surface area (Å²) in [6, 6.07) is 1.64. The largest absolute Gasteiger partial charge is 0.399 e. The first kappa shape index (κ1) is 19.7. The summed E-state index contributed by atoms with van der Waals surface area (Å²) in [6.45, 7) is 1.24. The van der Waals surface area contributed by atoms with Gasteiger partial charge < -0.3 is 21.3 Å². The zero-order valence-electron chi connectivity index (χ0n) is 16.5. The van der Waals surface area contributed by atoms with Gasteiger partial charge in [0, 0.05) is 51.4 Å². The second-order valence-electron chi connectivity index (χ2n) is 8.20. The van der Waals surface area contributed by atoms with Crippen LogP contribution in [0.25, 0.3) is 0 Å². The van der Waals surface area contributed by atoms with Crippen LogP contribution in [0.3, 0.4) is 0 Å². The Morgan fingerprint density at radius 2 is 2.00 bits per heavy atom. The molecule has 8 nitrogen and oxygen atoms in total. The van der Waals surface area contributed by atoms with Crippen molar-refractivity contribution in [3.63, 3.8) is 0 Å². The highest BCUT2D eigenvalue weighted by Crippen LogP contribution is 2.42. The average Bonchev–Trinajstić information content (AvgIpc) is 3.40. The molecular formula is C19H27F2N7O. The fourth-order valence-corrected chi connectivity index (χ4v) is 3.80. The molecule has 0 spiro atoms. The molecule has 1 aromatic rings. The molecule has 0 atom stereocenters. The molecule has 3 fully saturated rings. The summed E-state index contributed by atoms with van der Waals surface area (Å²) in [7, 11) is 1.76. The zero-order chi connectivity index (χ0) is 20.6. The number of alkyl halides is 2. The maximum atomic E-state index is 13.3. The topological polar surface area (TPSA) is 99.4 Å². The van der Waals surface area contributed by atoms with Crippen molar-refractivity contribution in [1.82, 2.24) is 20.2 Å². The van der Waals surface area contributed by atoms with Gasteiger partial charge in [0.25, 0.3) is 0 Å². The van der Waals surface area contributed by atoms with E-state index in [1.807, 2.05) is 0 Å². The van der Waals surface area contributed by atoms with Gasteiger partial charge in [0.15, 0.2) is 0 Å². The molecule has 158 valence electrons. The van der Waals surface area contributed by atoms with Gasteiger partial charge in [-0.2, -0.15) is 4.98 Å². The average molecular weight is 407 g/mol. The predicted octanol–water partition coefficient (Wildman–Crippen LogP) is 2.26. The van der Waals surface area contributed by atoms with Crippen molar-refractivity contribution < 1.29 is 13.6 Å². The molecule has 1 aromatic heterocycles. The van der Waals surface area contributed by atoms with E-state index in [1.165, 1.54) is 0 Å². The van der Waals surface area contributed by atoms with Crippen LogP contribution in [-0.2, 0) is 0 Å². The summed E-state index contributed by atoms with van der Waals surface area (Å²) in [4.78, 5) is 24.2. The molecule has 0 aromatic carbocycles. The van der Waals surface area contributed by atoms with E-state index >= 15 is 0 Å². The van der Waals surface area contributed by atoms with Crippen molar-refractivity contribution in [3.8, 4) is 0 Å². The van der Waals surface area contributed by atoms with E-state index in [4.69, 9.17) is 5.73 Å². The van der Waals surface area contributed by atoms with Crippen LogP contribution in [0.15, 0.2) is 24.2 Å². The standard InChI is InChI=1S/C19H27F2N7O/c1-27-10-11-28(17(27)29)15-4-9-23-16(25-15)26-18(7-8-18)14(22)12-24-13-2-5-19(20,21)6-3-13/h4,9,12-13,24H,2-3,5-8,10-11,22H2,1H3,(H,23,25,26)/b14-12-. The van der Waals surface area contributed by atoms with E-state index in [0.29, 0.717) is 43.4 Å². The number of carbonyl (C=O) groups excluding carboxylic acids is 1. The monoisotopic (exact) mass is 407 g/mol. The number of amides is 2. The van der Waals surface area contributed by atoms with E-state index in [9.17, 15) is 13.6 Å². The predicted molar refractivity (Wildman–Crippen MR) is 106 cm³/mol. The second-order valence-corrected chi connectivity index (χ2v) is 8.20. The number of aromatic nitrogens is 2. The van der Waals surface area contributed by atoms with Gasteiger partial charge in [0.05, 0.1) is 11.2 Å². The van der Waals surface area contributed by atoms with Crippen LogP contribution in [0.1, 0.15) is 38.5 Å². The molecule has 2 saturated carbocycles. The Morgan fingerprint density at radius 1 is 1.28 bits per heavy atom. The van der Waals surface area contributed by atoms with Crippen LogP contribution in [0.5, 0.6) is 0 Å². The molecule has 4 rings (SSSR count). The van der Waals surface area contributed by atoms with E-state index in [1.54, 1.807) is 35.3 Å². The molecule has 3 aliphatic rings. The van der Waals surface area contributed by atoms with Crippen molar-refractivity contribution in [3.05, 3.63) is 24.2 Å². The third-order valence-electron chi connectivity index (χ3n) is 5.98. The lowest BCUT2D eigenvalue weighted by Gasteiger charge is -2.29. The van der Waals surface area contributed by atoms with E-state index < -0.39 is 11.5 Å². The summed E-state index contributed by atoms with van der Waals surface area (Å²) in [6.07, 6.45) is 5.70. The molecule has 4 N–H and O–H groups in total. The maximum absolute atomic E-state index is 13.3. The van der Waals surface area contributed by atoms with Gasteiger partial charge in [0.2, 0.25) is 11.9 Å². The van der Waals surface area contributed by atoms with Gasteiger partial charge in [-0.3, -0.25) is 4.90 Å². The van der Waals surface area contributed by atoms with Gasteiger partial charge in [-0.25, -0.2) is 18.6 Å². The van der Waals surface area contributed by atoms with Gasteiger partial charge in [-0.05, 0) is 31.7 Å². The quantitative estimate of drug-likeness (QED) is 0.669. The smallest absolute Gasteiger partial charge is 0.325 e. The van der Waals surface area contributed by atoms with Crippen molar-refractivity contribution in [1.29, 1.82) is 0 Å². The SMILES string of the molecule is CN1CCN(c2ccnc(NC3(/C(N)=C/NC4CCC(F)(F)CC4)CC3)n2)C1=O. The molecule has 1 aliphatic heterocycles. The van der Waals surface area contributed by atoms with Gasteiger partial charge in [-0.15, -0.1) is 0 Å². The number of nitrogens with one attached hydrogen (secondary N) is 2. The minimum Gasteiger partial charge on any atom is -0.399 e. The Hall–Kier alpha value is -2.65. The summed E-state index contributed by atoms with van der Waals surface area (Å²) in [5.74, 6) is -1.58. The summed E-state index contributed by atoms with van der Waals surface area (Å²) in [5.41, 5.74) is 6.47. The summed E-state index contributed by atoms with van der Waals surface area (Å²) >= 11 is 0. The zero-order valence-corrected chi connectivity index (χ0v) is 16.5. The molecule has 29 heavy (non-hydrogen) atoms. The lowest BCUT2D eigenvalue weighted by atomic mass is 9.92. The van der Waals surface area contributed by atoms with Crippen LogP contribution >= 0.6 is 0 Å². The van der Waals surface area contributed by atoms with Crippen LogP contribution in [0.4, 0.5) is 25.3 Å². The van der Waals surface area contributed by atoms with Crippen molar-refractivity contribution in [2.45, 2.75) is 56.0 Å². The molecule has 0 bridgehead atoms. The Kier molecular flexibility index (Phi) is 4.95. The van der Waals surface area contributed by atoms with Crippen molar-refractivity contribution in [2.75, 3.05) is 30.4 Å². The molecular weight excluding hydrogens is 380 g/mol. The lowest BCUT2D eigenvalue weighted by molar-refractivity contribution is -0.0394. The van der Waals surface area contributed by atoms with Crippen LogP contribution in [-0.4, -0.2) is 58.5 Å². The minimum atomic E-state index is -2.54. The fourth-order valence-electron chi connectivity index (χ4n) is 3.80. The number of nitrogens with zero attached hydrogens (tertiary/aromatic N) is 4. The molecule has 10 heteroatoms. The maximum Gasteiger partial charge on any atom is 0.325 e. The molecule has 0 radical (unpaired) electrons. The number of rotatable bonds is 6. The summed E-state index contributed by atoms with van der Waals surface area (Å²) < 4.78 is 26.6. The van der Waals surface area contributed by atoms with E-state index in [-0.39, 0.29) is 24.9 Å². The highest BCUT2D eigenvalue weighted by Gasteiger charge is 2.46. The van der Waals surface area contributed by atoms with Crippen molar-refractivity contribution >= 4 is 17.8 Å². The number of carbonyl (C=O) groups is 1. The number of hydrogen-bond acceptors (Lipinski definition) is 6. The number of nitrogens with two attached hydrogens (primary N) is 1. The first-order chi connectivity index (χ1) is 13.8. The number of halogens is 2. The molecule has 1 saturated heterocycles. The van der Waals surface area contributed by atoms with Gasteiger partial charge in [0.1, 0.15) is 5.82 Å². The highest BCUT2D eigenvalue weighted by molar-refractivity contribution is 5.93. The summed E-state index contributed by atoms with van der Waals surface area (Å²) in [5, 5.41) is 6.49. The van der Waals surface area contributed by atoms with E-state index in [2.05, 4.69) is 20.6 Å². The number of urea groups is 1. The van der Waals surface area contributed by atoms with Crippen LogP contribution in [0.2, 0.25) is 0 Å².